The van der Waals surface area contributed by atoms with Crippen LogP contribution in [0.5, 0.6) is 0 Å². The van der Waals surface area contributed by atoms with E-state index in [1.54, 1.807) is 18.2 Å². The molecule has 1 atom stereocenters. The molecule has 2 amide bonds. The van der Waals surface area contributed by atoms with E-state index >= 15 is 0 Å². The first-order valence-corrected chi connectivity index (χ1v) is 7.99. The van der Waals surface area contributed by atoms with Gasteiger partial charge in [-0.3, -0.25) is 9.59 Å². The van der Waals surface area contributed by atoms with Gasteiger partial charge in [-0.15, -0.1) is 0 Å². The number of rotatable bonds is 5. The molecule has 2 N–H and O–H groups in total. The highest BCUT2D eigenvalue weighted by Gasteiger charge is 2.25. The third-order valence-corrected chi connectivity index (χ3v) is 3.69. The molecule has 0 radical (unpaired) electrons. The van der Waals surface area contributed by atoms with Gasteiger partial charge in [-0.25, -0.2) is 4.98 Å². The van der Waals surface area contributed by atoms with E-state index in [2.05, 4.69) is 15.6 Å². The quantitative estimate of drug-likeness (QED) is 0.887. The molecule has 126 valence electrons. The fourth-order valence-corrected chi connectivity index (χ4v) is 2.28. The number of hydrogen-bond donors (Lipinski definition) is 2. The summed E-state index contributed by atoms with van der Waals surface area (Å²) in [6.07, 6.45) is 0. The molecule has 5 nitrogen and oxygen atoms in total. The van der Waals surface area contributed by atoms with Crippen LogP contribution in [0.1, 0.15) is 35.5 Å². The zero-order valence-electron chi connectivity index (χ0n) is 14.5. The summed E-state index contributed by atoms with van der Waals surface area (Å²) in [5.41, 5.74) is 2.43. The fraction of sp³-hybridized carbons (Fsp3) is 0.316. The van der Waals surface area contributed by atoms with E-state index in [1.807, 2.05) is 52.0 Å². The zero-order valence-corrected chi connectivity index (χ0v) is 14.5. The van der Waals surface area contributed by atoms with Gasteiger partial charge in [0.25, 0.3) is 5.91 Å². The molecule has 0 aliphatic heterocycles. The Bertz CT molecular complexity index is 724. The zero-order chi connectivity index (χ0) is 17.7. The third kappa shape index (κ3) is 4.65. The lowest BCUT2D eigenvalue weighted by Gasteiger charge is -2.21. The summed E-state index contributed by atoms with van der Waals surface area (Å²) >= 11 is 0. The van der Waals surface area contributed by atoms with Crippen molar-refractivity contribution in [1.82, 2.24) is 10.3 Å². The van der Waals surface area contributed by atoms with Crippen molar-refractivity contribution in [3.05, 3.63) is 59.3 Å². The van der Waals surface area contributed by atoms with Gasteiger partial charge in [-0.1, -0.05) is 37.6 Å². The number of nitrogens with zero attached hydrogens (tertiary/aromatic N) is 1. The number of aromatic nitrogens is 1. The summed E-state index contributed by atoms with van der Waals surface area (Å²) in [4.78, 5) is 29.2. The number of pyridine rings is 1. The average Bonchev–Trinajstić information content (AvgIpc) is 2.52. The van der Waals surface area contributed by atoms with Gasteiger partial charge < -0.3 is 10.6 Å². The van der Waals surface area contributed by atoms with Gasteiger partial charge >= 0.3 is 0 Å². The topological polar surface area (TPSA) is 71.1 Å². The molecule has 0 saturated heterocycles. The number of amides is 2. The lowest BCUT2D eigenvalue weighted by molar-refractivity contribution is -0.118. The number of carbonyl (C=O) groups is 2. The predicted molar refractivity (Wildman–Crippen MR) is 94.9 cm³/mol. The van der Waals surface area contributed by atoms with Gasteiger partial charge in [-0.2, -0.15) is 0 Å². The number of anilines is 1. The van der Waals surface area contributed by atoms with Crippen molar-refractivity contribution in [1.29, 1.82) is 0 Å². The maximum Gasteiger partial charge on any atom is 0.251 e. The highest BCUT2D eigenvalue weighted by molar-refractivity contribution is 6.01. The second-order valence-corrected chi connectivity index (χ2v) is 6.21. The number of carbonyl (C=O) groups excluding carboxylic acids is 2. The highest BCUT2D eigenvalue weighted by Crippen LogP contribution is 2.10. The first-order valence-electron chi connectivity index (χ1n) is 7.99. The maximum atomic E-state index is 12.5. The first-order chi connectivity index (χ1) is 11.4. The standard InChI is InChI=1S/C19H23N3O2/c1-12(2)17(19(24)21-16-7-5-6-14(4)20-16)22-18(23)15-10-8-13(3)9-11-15/h5-12,17H,1-4H3,(H,22,23)(H,20,21,24)/t17-/m0/s1. The smallest absolute Gasteiger partial charge is 0.251 e. The normalized spacial score (nSPS) is 11.9. The monoisotopic (exact) mass is 325 g/mol. The van der Waals surface area contributed by atoms with Crippen molar-refractivity contribution in [2.24, 2.45) is 5.92 Å². The molecule has 0 aliphatic carbocycles. The van der Waals surface area contributed by atoms with Gasteiger partial charge in [0.15, 0.2) is 0 Å². The second-order valence-electron chi connectivity index (χ2n) is 6.21. The Morgan fingerprint density at radius 2 is 1.67 bits per heavy atom. The van der Waals surface area contributed by atoms with Crippen LogP contribution in [0.4, 0.5) is 5.82 Å². The van der Waals surface area contributed by atoms with Crippen LogP contribution in [0, 0.1) is 19.8 Å². The van der Waals surface area contributed by atoms with Crippen LogP contribution >= 0.6 is 0 Å². The van der Waals surface area contributed by atoms with Crippen LogP contribution in [-0.4, -0.2) is 22.8 Å². The Balaban J connectivity index is 2.09. The highest BCUT2D eigenvalue weighted by atomic mass is 16.2. The van der Waals surface area contributed by atoms with E-state index in [1.165, 1.54) is 0 Å². The molecule has 0 aliphatic rings. The Labute approximate surface area is 142 Å². The SMILES string of the molecule is Cc1ccc(C(=O)N[C@H](C(=O)Nc2cccc(C)n2)C(C)C)cc1. The average molecular weight is 325 g/mol. The molecule has 0 unspecified atom stereocenters. The van der Waals surface area contributed by atoms with Crippen LogP contribution in [-0.2, 0) is 4.79 Å². The van der Waals surface area contributed by atoms with E-state index in [0.717, 1.165) is 11.3 Å². The van der Waals surface area contributed by atoms with Gasteiger partial charge in [0.2, 0.25) is 5.91 Å². The van der Waals surface area contributed by atoms with E-state index in [9.17, 15) is 9.59 Å². The Morgan fingerprint density at radius 3 is 2.25 bits per heavy atom. The van der Waals surface area contributed by atoms with Crippen molar-refractivity contribution in [3.8, 4) is 0 Å². The summed E-state index contributed by atoms with van der Waals surface area (Å²) in [5.74, 6) is -0.107. The Hall–Kier alpha value is -2.69. The number of nitrogens with one attached hydrogen (secondary N) is 2. The molecule has 1 heterocycles. The summed E-state index contributed by atoms with van der Waals surface area (Å²) in [6, 6.07) is 12.0. The molecule has 0 saturated carbocycles. The minimum Gasteiger partial charge on any atom is -0.340 e. The first kappa shape index (κ1) is 17.7. The van der Waals surface area contributed by atoms with E-state index in [-0.39, 0.29) is 17.7 Å². The number of hydrogen-bond acceptors (Lipinski definition) is 3. The van der Waals surface area contributed by atoms with Crippen LogP contribution in [0.3, 0.4) is 0 Å². The Morgan fingerprint density at radius 1 is 1.00 bits per heavy atom. The minimum atomic E-state index is -0.638. The van der Waals surface area contributed by atoms with Crippen molar-refractivity contribution in [2.45, 2.75) is 33.7 Å². The van der Waals surface area contributed by atoms with Crippen LogP contribution in [0.15, 0.2) is 42.5 Å². The molecular formula is C19H23N3O2. The predicted octanol–water partition coefficient (Wildman–Crippen LogP) is 3.09. The van der Waals surface area contributed by atoms with Gasteiger partial charge in [0.1, 0.15) is 11.9 Å². The van der Waals surface area contributed by atoms with Crippen LogP contribution in [0.25, 0.3) is 0 Å². The summed E-state index contributed by atoms with van der Waals surface area (Å²) in [6.45, 7) is 7.60. The number of aryl methyl sites for hydroxylation is 2. The molecule has 2 aromatic rings. The van der Waals surface area contributed by atoms with E-state index in [0.29, 0.717) is 11.4 Å². The molecule has 0 bridgehead atoms. The van der Waals surface area contributed by atoms with Gasteiger partial charge in [0.05, 0.1) is 0 Å². The Kier molecular flexibility index (Phi) is 5.68. The minimum absolute atomic E-state index is 0.0517. The summed E-state index contributed by atoms with van der Waals surface area (Å²) in [7, 11) is 0. The van der Waals surface area contributed by atoms with Gasteiger partial charge in [-0.05, 0) is 44.0 Å². The van der Waals surface area contributed by atoms with E-state index in [4.69, 9.17) is 0 Å². The molecule has 1 aromatic carbocycles. The molecule has 0 spiro atoms. The second kappa shape index (κ2) is 7.73. The van der Waals surface area contributed by atoms with Crippen molar-refractivity contribution in [2.75, 3.05) is 5.32 Å². The number of benzene rings is 1. The lowest BCUT2D eigenvalue weighted by atomic mass is 10.0. The molecular weight excluding hydrogens is 302 g/mol. The largest absolute Gasteiger partial charge is 0.340 e. The van der Waals surface area contributed by atoms with E-state index < -0.39 is 6.04 Å². The summed E-state index contributed by atoms with van der Waals surface area (Å²) in [5, 5.41) is 5.57. The maximum absolute atomic E-state index is 12.5. The van der Waals surface area contributed by atoms with Crippen molar-refractivity contribution >= 4 is 17.6 Å². The molecule has 24 heavy (non-hydrogen) atoms. The molecule has 5 heteroatoms. The summed E-state index contributed by atoms with van der Waals surface area (Å²) < 4.78 is 0. The van der Waals surface area contributed by atoms with Crippen molar-refractivity contribution in [3.63, 3.8) is 0 Å². The molecule has 0 fully saturated rings. The van der Waals surface area contributed by atoms with Crippen LogP contribution in [0.2, 0.25) is 0 Å². The lowest BCUT2D eigenvalue weighted by Crippen LogP contribution is -2.47. The van der Waals surface area contributed by atoms with Gasteiger partial charge in [0, 0.05) is 11.3 Å². The molecule has 2 rings (SSSR count). The van der Waals surface area contributed by atoms with Crippen LogP contribution < -0.4 is 10.6 Å². The molecule has 1 aromatic heterocycles. The van der Waals surface area contributed by atoms with Crippen molar-refractivity contribution < 1.29 is 9.59 Å². The fourth-order valence-electron chi connectivity index (χ4n) is 2.28. The third-order valence-electron chi connectivity index (χ3n) is 3.69.